The highest BCUT2D eigenvalue weighted by atomic mass is 19.3. The van der Waals surface area contributed by atoms with Crippen LogP contribution in [-0.2, 0) is 11.2 Å². The molecule has 0 aliphatic carbocycles. The minimum atomic E-state index is -2.67. The molecule has 0 atom stereocenters. The first-order valence-corrected chi connectivity index (χ1v) is 6.95. The number of halogens is 2. The van der Waals surface area contributed by atoms with Gasteiger partial charge in [-0.25, -0.2) is 0 Å². The van der Waals surface area contributed by atoms with Crippen molar-refractivity contribution in [3.8, 4) is 5.75 Å². The van der Waals surface area contributed by atoms with Crippen LogP contribution in [0.2, 0.25) is 0 Å². The Hall–Kier alpha value is -1.66. The van der Waals surface area contributed by atoms with E-state index < -0.39 is 6.61 Å². The van der Waals surface area contributed by atoms with E-state index >= 15 is 0 Å². The lowest BCUT2D eigenvalue weighted by atomic mass is 10.1. The van der Waals surface area contributed by atoms with Gasteiger partial charge in [0.25, 0.3) is 0 Å². The van der Waals surface area contributed by atoms with Crippen molar-refractivity contribution in [2.24, 2.45) is 0 Å². The van der Waals surface area contributed by atoms with Crippen LogP contribution in [-0.4, -0.2) is 49.3 Å². The number of methoxy groups -OCH3 is 1. The Labute approximate surface area is 121 Å². The smallest absolute Gasteiger partial charge is 0.345 e. The predicted molar refractivity (Wildman–Crippen MR) is 75.9 cm³/mol. The van der Waals surface area contributed by atoms with Gasteiger partial charge in [0, 0.05) is 36.7 Å². The molecule has 1 aliphatic rings. The van der Waals surface area contributed by atoms with E-state index in [4.69, 9.17) is 4.74 Å². The highest BCUT2D eigenvalue weighted by Crippen LogP contribution is 2.24. The Balaban J connectivity index is 1.57. The van der Waals surface area contributed by atoms with Crippen molar-refractivity contribution in [1.82, 2.24) is 9.88 Å². The van der Waals surface area contributed by atoms with Crippen LogP contribution in [0.15, 0.2) is 24.4 Å². The second kappa shape index (κ2) is 5.99. The zero-order valence-corrected chi connectivity index (χ0v) is 11.8. The normalized spacial score (nSPS) is 16.6. The number of nitrogens with one attached hydrogen (secondary N) is 1. The Morgan fingerprint density at radius 2 is 2.19 bits per heavy atom. The summed E-state index contributed by atoms with van der Waals surface area (Å²) in [4.78, 5) is 5.35. The summed E-state index contributed by atoms with van der Waals surface area (Å²) in [7, 11) is 1.65. The maximum Gasteiger partial charge on any atom is 0.345 e. The van der Waals surface area contributed by atoms with Gasteiger partial charge in [0.2, 0.25) is 0 Å². The van der Waals surface area contributed by atoms with E-state index in [9.17, 15) is 8.78 Å². The maximum absolute atomic E-state index is 12.0. The Kier molecular flexibility index (Phi) is 4.07. The molecule has 1 saturated heterocycles. The second-order valence-corrected chi connectivity index (χ2v) is 5.25. The van der Waals surface area contributed by atoms with Gasteiger partial charge in [-0.3, -0.25) is 4.90 Å². The molecule has 6 heteroatoms. The number of benzene rings is 1. The van der Waals surface area contributed by atoms with Crippen LogP contribution in [0.1, 0.15) is 5.56 Å². The van der Waals surface area contributed by atoms with Gasteiger partial charge >= 0.3 is 6.61 Å². The molecule has 2 aromatic rings. The van der Waals surface area contributed by atoms with E-state index in [-0.39, 0.29) is 6.10 Å². The molecule has 0 amide bonds. The summed E-state index contributed by atoms with van der Waals surface area (Å²) in [5.74, 6) is 0.831. The van der Waals surface area contributed by atoms with Gasteiger partial charge < -0.3 is 14.5 Å². The topological polar surface area (TPSA) is 37.5 Å². The third-order valence-electron chi connectivity index (χ3n) is 3.89. The highest BCUT2D eigenvalue weighted by molar-refractivity contribution is 5.84. The molecule has 1 aromatic heterocycles. The fourth-order valence-electron chi connectivity index (χ4n) is 2.71. The summed E-state index contributed by atoms with van der Waals surface area (Å²) < 4.78 is 33.8. The van der Waals surface area contributed by atoms with Gasteiger partial charge in [-0.15, -0.1) is 0 Å². The zero-order chi connectivity index (χ0) is 14.8. The fourth-order valence-corrected chi connectivity index (χ4v) is 2.71. The van der Waals surface area contributed by atoms with Crippen molar-refractivity contribution in [1.29, 1.82) is 0 Å². The molecule has 114 valence electrons. The summed E-state index contributed by atoms with van der Waals surface area (Å²) in [5, 5.41) is 1.15. The molecule has 0 bridgehead atoms. The van der Waals surface area contributed by atoms with Crippen molar-refractivity contribution in [2.75, 3.05) is 26.7 Å². The average molecular weight is 296 g/mol. The van der Waals surface area contributed by atoms with Crippen molar-refractivity contribution < 1.29 is 18.3 Å². The number of H-pyrrole nitrogens is 1. The lowest BCUT2D eigenvalue weighted by Crippen LogP contribution is -2.53. The monoisotopic (exact) mass is 296 g/mol. The average Bonchev–Trinajstić information content (AvgIpc) is 2.83. The van der Waals surface area contributed by atoms with Crippen LogP contribution in [0.25, 0.3) is 10.9 Å². The van der Waals surface area contributed by atoms with Crippen LogP contribution in [0.3, 0.4) is 0 Å². The fraction of sp³-hybridized carbons (Fsp3) is 0.467. The first-order valence-electron chi connectivity index (χ1n) is 6.95. The maximum atomic E-state index is 12.0. The van der Waals surface area contributed by atoms with E-state index in [1.165, 1.54) is 5.56 Å². The molecule has 1 fully saturated rings. The Bertz CT molecular complexity index is 609. The standard InChI is InChI=1S/C15H18F2N2O2/c1-20-11-2-3-14-13(6-11)10(7-18-14)4-5-19-8-12(9-19)21-15(16)17/h2-3,6-7,12,15,18H,4-5,8-9H2,1H3. The number of ether oxygens (including phenoxy) is 2. The molecule has 1 aromatic carbocycles. The minimum absolute atomic E-state index is 0.326. The van der Waals surface area contributed by atoms with E-state index in [0.717, 1.165) is 29.6 Å². The highest BCUT2D eigenvalue weighted by Gasteiger charge is 2.29. The Morgan fingerprint density at radius 3 is 2.90 bits per heavy atom. The minimum Gasteiger partial charge on any atom is -0.497 e. The summed E-state index contributed by atoms with van der Waals surface area (Å²) in [6, 6.07) is 5.93. The third kappa shape index (κ3) is 3.16. The number of hydrogen-bond donors (Lipinski definition) is 1. The molecule has 0 unspecified atom stereocenters. The van der Waals surface area contributed by atoms with E-state index in [0.29, 0.717) is 13.1 Å². The molecule has 1 aliphatic heterocycles. The molecule has 0 spiro atoms. The van der Waals surface area contributed by atoms with Gasteiger partial charge in [-0.2, -0.15) is 8.78 Å². The van der Waals surface area contributed by atoms with Crippen LogP contribution >= 0.6 is 0 Å². The van der Waals surface area contributed by atoms with Crippen LogP contribution < -0.4 is 4.74 Å². The molecule has 3 rings (SSSR count). The van der Waals surface area contributed by atoms with E-state index in [1.54, 1.807) is 7.11 Å². The van der Waals surface area contributed by atoms with Gasteiger partial charge in [-0.1, -0.05) is 0 Å². The lowest BCUT2D eigenvalue weighted by molar-refractivity contribution is -0.195. The largest absolute Gasteiger partial charge is 0.497 e. The first-order chi connectivity index (χ1) is 10.2. The molecular formula is C15H18F2N2O2. The second-order valence-electron chi connectivity index (χ2n) is 5.25. The third-order valence-corrected chi connectivity index (χ3v) is 3.89. The van der Waals surface area contributed by atoms with Gasteiger partial charge in [0.1, 0.15) is 5.75 Å². The zero-order valence-electron chi connectivity index (χ0n) is 11.8. The molecule has 2 heterocycles. The van der Waals surface area contributed by atoms with Crippen molar-refractivity contribution in [3.63, 3.8) is 0 Å². The van der Waals surface area contributed by atoms with E-state index in [1.807, 2.05) is 24.4 Å². The predicted octanol–water partition coefficient (Wildman–Crippen LogP) is 2.64. The summed E-state index contributed by atoms with van der Waals surface area (Å²) in [5.41, 5.74) is 2.29. The first kappa shape index (κ1) is 14.3. The number of fused-ring (bicyclic) bond motifs is 1. The summed E-state index contributed by atoms with van der Waals surface area (Å²) >= 11 is 0. The van der Waals surface area contributed by atoms with Gasteiger partial charge in [0.15, 0.2) is 0 Å². The lowest BCUT2D eigenvalue weighted by Gasteiger charge is -2.38. The molecule has 4 nitrogen and oxygen atoms in total. The molecule has 0 saturated carbocycles. The summed E-state index contributed by atoms with van der Waals surface area (Å²) in [6.45, 7) is -0.669. The summed E-state index contributed by atoms with van der Waals surface area (Å²) in [6.07, 6.45) is 2.54. The number of likely N-dealkylation sites (tertiary alicyclic amines) is 1. The number of aromatic amines is 1. The number of hydrogen-bond acceptors (Lipinski definition) is 3. The molecule has 0 radical (unpaired) electrons. The number of rotatable bonds is 6. The number of alkyl halides is 2. The van der Waals surface area contributed by atoms with Crippen molar-refractivity contribution in [3.05, 3.63) is 30.0 Å². The van der Waals surface area contributed by atoms with Crippen molar-refractivity contribution >= 4 is 10.9 Å². The number of aromatic nitrogens is 1. The number of nitrogens with zero attached hydrogens (tertiary/aromatic N) is 1. The quantitative estimate of drug-likeness (QED) is 0.890. The van der Waals surface area contributed by atoms with Crippen LogP contribution in [0.4, 0.5) is 8.78 Å². The van der Waals surface area contributed by atoms with E-state index in [2.05, 4.69) is 14.6 Å². The van der Waals surface area contributed by atoms with Crippen molar-refractivity contribution in [2.45, 2.75) is 19.1 Å². The molecular weight excluding hydrogens is 278 g/mol. The van der Waals surface area contributed by atoms with Crippen LogP contribution in [0, 0.1) is 0 Å². The molecule has 21 heavy (non-hydrogen) atoms. The molecule has 1 N–H and O–H groups in total. The van der Waals surface area contributed by atoms with Crippen LogP contribution in [0.5, 0.6) is 5.75 Å². The Morgan fingerprint density at radius 1 is 1.38 bits per heavy atom. The van der Waals surface area contributed by atoms with Gasteiger partial charge in [-0.05, 0) is 30.2 Å². The SMILES string of the molecule is COc1ccc2[nH]cc(CCN3CC(OC(F)F)C3)c2c1. The van der Waals surface area contributed by atoms with Gasteiger partial charge in [0.05, 0.1) is 13.2 Å².